The van der Waals surface area contributed by atoms with Crippen molar-refractivity contribution in [1.82, 2.24) is 4.57 Å². The highest BCUT2D eigenvalue weighted by Gasteiger charge is 2.27. The zero-order chi connectivity index (χ0) is 35.7. The van der Waals surface area contributed by atoms with E-state index in [1.165, 1.54) is 51.2 Å². The lowest BCUT2D eigenvalue weighted by Gasteiger charge is -2.26. The molecular weight excluding hydrogens is 687 g/mol. The van der Waals surface area contributed by atoms with E-state index in [4.69, 9.17) is 4.55 Å². The second-order valence-electron chi connectivity index (χ2n) is 11.0. The number of anilines is 1. The lowest BCUT2D eigenvalue weighted by molar-refractivity contribution is -0.679. The topological polar surface area (TPSA) is 92.7 Å². The molecule has 50 heavy (non-hydrogen) atoms. The second-order valence-corrected chi connectivity index (χ2v) is 14.2. The zero-order valence-corrected chi connectivity index (χ0v) is 30.7. The van der Waals surface area contributed by atoms with Gasteiger partial charge in [-0.05, 0) is 62.3 Å². The van der Waals surface area contributed by atoms with Gasteiger partial charge in [0, 0.05) is 36.1 Å². The fourth-order valence-corrected chi connectivity index (χ4v) is 8.30. The van der Waals surface area contributed by atoms with Crippen molar-refractivity contribution >= 4 is 56.5 Å². The number of benzene rings is 3. The summed E-state index contributed by atoms with van der Waals surface area (Å²) in [6.45, 7) is 11.9. The fraction of sp³-hybridized carbons (Fsp3) is 0.179. The number of hydrogen-bond acceptors (Lipinski definition) is 7. The predicted octanol–water partition coefficient (Wildman–Crippen LogP) is 6.67. The van der Waals surface area contributed by atoms with Gasteiger partial charge in [0.1, 0.15) is 16.1 Å². The Morgan fingerprint density at radius 3 is 2.16 bits per heavy atom. The Morgan fingerprint density at radius 2 is 1.56 bits per heavy atom. The average Bonchev–Trinajstić information content (AvgIpc) is 3.64. The van der Waals surface area contributed by atoms with Crippen LogP contribution in [-0.2, 0) is 27.7 Å². The van der Waals surface area contributed by atoms with Crippen molar-refractivity contribution in [1.29, 1.82) is 0 Å². The van der Waals surface area contributed by atoms with Gasteiger partial charge in [-0.25, -0.2) is 4.18 Å². The first-order valence-electron chi connectivity index (χ1n) is 16.3. The van der Waals surface area contributed by atoms with Gasteiger partial charge in [0.05, 0.1) is 17.2 Å². The molecular formula is C39H40N3O5S3+. The maximum absolute atomic E-state index is 13.7. The smallest absolute Gasteiger partial charge is 0.348 e. The van der Waals surface area contributed by atoms with Crippen LogP contribution in [0.15, 0.2) is 121 Å². The number of nitrogens with zero attached hydrogens (tertiary/aromatic N) is 3. The van der Waals surface area contributed by atoms with Crippen LogP contribution in [0.5, 0.6) is 0 Å². The lowest BCUT2D eigenvalue weighted by Crippen LogP contribution is -2.37. The van der Waals surface area contributed by atoms with Crippen LogP contribution >= 0.6 is 22.7 Å². The Kier molecular flexibility index (Phi) is 12.3. The van der Waals surface area contributed by atoms with Crippen LogP contribution in [0.1, 0.15) is 31.3 Å². The minimum Gasteiger partial charge on any atom is -0.348 e. The molecule has 11 heteroatoms. The quantitative estimate of drug-likeness (QED) is 0.0983. The normalized spacial score (nSPS) is 14.1. The number of fused-ring (bicyclic) bond motifs is 1. The van der Waals surface area contributed by atoms with E-state index in [2.05, 4.69) is 143 Å². The van der Waals surface area contributed by atoms with Gasteiger partial charge in [0.2, 0.25) is 5.69 Å². The largest absolute Gasteiger partial charge is 0.397 e. The Balaban J connectivity index is 0.000000630. The van der Waals surface area contributed by atoms with Gasteiger partial charge in [0.25, 0.3) is 10.6 Å². The molecule has 0 bridgehead atoms. The third kappa shape index (κ3) is 8.55. The van der Waals surface area contributed by atoms with Crippen LogP contribution in [0.25, 0.3) is 39.4 Å². The number of rotatable bonds is 10. The first kappa shape index (κ1) is 36.6. The number of para-hydroxylation sites is 1. The van der Waals surface area contributed by atoms with Crippen LogP contribution in [-0.4, -0.2) is 30.7 Å². The Morgan fingerprint density at radius 1 is 0.900 bits per heavy atom. The molecule has 0 unspecified atom stereocenters. The summed E-state index contributed by atoms with van der Waals surface area (Å²) in [5.74, 6) is 0. The first-order chi connectivity index (χ1) is 24.2. The van der Waals surface area contributed by atoms with E-state index in [-0.39, 0.29) is 12.2 Å². The minimum absolute atomic E-state index is 0.00225. The molecule has 0 saturated carbocycles. The Bertz CT molecular complexity index is 2300. The van der Waals surface area contributed by atoms with Crippen LogP contribution in [0, 0.1) is 0 Å². The Labute approximate surface area is 301 Å². The van der Waals surface area contributed by atoms with Crippen LogP contribution in [0.4, 0.5) is 5.69 Å². The fourth-order valence-electron chi connectivity index (χ4n) is 5.64. The van der Waals surface area contributed by atoms with Gasteiger partial charge in [-0.3, -0.25) is 13.9 Å². The van der Waals surface area contributed by atoms with Gasteiger partial charge in [0.15, 0.2) is 0 Å². The minimum atomic E-state index is -4.17. The number of aromatic nitrogens is 2. The van der Waals surface area contributed by atoms with Gasteiger partial charge < -0.3 is 4.90 Å². The van der Waals surface area contributed by atoms with E-state index in [0.29, 0.717) is 11.1 Å². The summed E-state index contributed by atoms with van der Waals surface area (Å²) in [5.41, 5.74) is 7.00. The van der Waals surface area contributed by atoms with Crippen molar-refractivity contribution in [2.75, 3.05) is 18.1 Å². The van der Waals surface area contributed by atoms with Gasteiger partial charge >= 0.3 is 10.4 Å². The summed E-state index contributed by atoms with van der Waals surface area (Å²) in [4.78, 5) is 17.1. The van der Waals surface area contributed by atoms with E-state index in [1.807, 2.05) is 10.6 Å². The second kappa shape index (κ2) is 16.8. The molecule has 3 heterocycles. The zero-order valence-electron chi connectivity index (χ0n) is 28.2. The molecule has 3 aromatic carbocycles. The van der Waals surface area contributed by atoms with Crippen LogP contribution in [0.3, 0.4) is 0 Å². The molecule has 0 radical (unpaired) electrons. The Hall–Kier alpha value is -4.65. The summed E-state index contributed by atoms with van der Waals surface area (Å²) in [7, 11) is -4.17. The van der Waals surface area contributed by atoms with E-state index in [0.717, 1.165) is 28.3 Å². The molecule has 0 atom stereocenters. The lowest BCUT2D eigenvalue weighted by atomic mass is 9.99. The molecule has 5 aromatic rings. The maximum atomic E-state index is 13.7. The van der Waals surface area contributed by atoms with Crippen molar-refractivity contribution in [3.05, 3.63) is 146 Å². The average molecular weight is 727 g/mol. The molecule has 2 aromatic heterocycles. The third-order valence-electron chi connectivity index (χ3n) is 7.83. The summed E-state index contributed by atoms with van der Waals surface area (Å²) in [5, 5.41) is 1.10. The highest BCUT2D eigenvalue weighted by molar-refractivity contribution is 7.80. The van der Waals surface area contributed by atoms with Crippen molar-refractivity contribution in [3.63, 3.8) is 0 Å². The standard InChI is InChI=1S/C37H34N3OS2.C2H6O4S/c1-4-24-40-34(42-32(37(40)41)22-21-27-23-25-38(5-2)31-20-14-13-19-30(27)31)26-33-39(6-3)35(28-15-9-7-10-16-28)36(43-33)29-17-11-8-12-18-29;1-2-6-7(3,4)5/h4,7-23,25-26H,1,5-6,24H2,2-3H3;2H2,1H3,(H,3,4,5)/q+1;/b27-21+,32-22+;. The van der Waals surface area contributed by atoms with Crippen molar-refractivity contribution < 1.29 is 21.7 Å². The molecule has 0 spiro atoms. The van der Waals surface area contributed by atoms with Gasteiger partial charge in [-0.2, -0.15) is 13.0 Å². The molecule has 0 fully saturated rings. The molecule has 0 saturated heterocycles. The van der Waals surface area contributed by atoms with Crippen LogP contribution < -0.4 is 24.2 Å². The molecule has 1 aliphatic rings. The summed E-state index contributed by atoms with van der Waals surface area (Å²) < 4.78 is 36.5. The molecule has 0 aliphatic carbocycles. The summed E-state index contributed by atoms with van der Waals surface area (Å²) >= 11 is 3.29. The highest BCUT2D eigenvalue weighted by Crippen LogP contribution is 2.36. The highest BCUT2D eigenvalue weighted by atomic mass is 32.3. The number of hydrogen-bond donors (Lipinski definition) is 1. The third-order valence-corrected chi connectivity index (χ3v) is 10.6. The van der Waals surface area contributed by atoms with E-state index >= 15 is 0 Å². The van der Waals surface area contributed by atoms with Crippen molar-refractivity contribution in [3.8, 4) is 21.7 Å². The summed E-state index contributed by atoms with van der Waals surface area (Å²) in [6.07, 6.45) is 12.2. The first-order valence-corrected chi connectivity index (χ1v) is 19.3. The number of thiazole rings is 2. The molecule has 0 amide bonds. The predicted molar refractivity (Wildman–Crippen MR) is 207 cm³/mol. The molecule has 1 aliphatic heterocycles. The SMILES string of the molecule is C=CCn1c(=O)/c(=C\C=C2/C=CN(CC)c3ccccc32)s/c1=C/c1sc(-c2ccccc2)c(-c2ccccc2)[n+]1CC.CCOS(=O)(=O)O. The van der Waals surface area contributed by atoms with Crippen molar-refractivity contribution in [2.45, 2.75) is 33.9 Å². The monoisotopic (exact) mass is 726 g/mol. The maximum Gasteiger partial charge on any atom is 0.397 e. The molecule has 1 N–H and O–H groups in total. The van der Waals surface area contributed by atoms with E-state index in [1.54, 1.807) is 17.4 Å². The number of allylic oxidation sites excluding steroid dienone is 4. The molecule has 258 valence electrons. The van der Waals surface area contributed by atoms with Crippen LogP contribution in [0.2, 0.25) is 0 Å². The van der Waals surface area contributed by atoms with E-state index < -0.39 is 10.4 Å². The molecule has 8 nitrogen and oxygen atoms in total. The van der Waals surface area contributed by atoms with Gasteiger partial charge in [-0.15, -0.1) is 17.9 Å². The van der Waals surface area contributed by atoms with E-state index in [9.17, 15) is 13.2 Å². The molecule has 6 rings (SSSR count). The van der Waals surface area contributed by atoms with Gasteiger partial charge in [-0.1, -0.05) is 90.2 Å². The van der Waals surface area contributed by atoms with Crippen molar-refractivity contribution in [2.24, 2.45) is 0 Å². The summed E-state index contributed by atoms with van der Waals surface area (Å²) in [6, 6.07) is 29.5.